The van der Waals surface area contributed by atoms with E-state index < -0.39 is 0 Å². The van der Waals surface area contributed by atoms with Gasteiger partial charge in [-0.15, -0.1) is 0 Å². The summed E-state index contributed by atoms with van der Waals surface area (Å²) in [6.45, 7) is 0. The Kier molecular flexibility index (Phi) is 6.81. The molecule has 0 N–H and O–H groups in total. The molecule has 0 aliphatic rings. The number of halogens is 12. The SMILES string of the molecule is Clc1c(Cl)c(Cl)c2c(c1Cl)c1c(Cl)c(Cl)c(Cl)c(Cl)c1c1c(Cl)c(Cl)c(Cl)c(Cl)c21. The Hall–Kier alpha value is 1.14. The molecule has 0 fully saturated rings. The molecule has 0 amide bonds. The van der Waals surface area contributed by atoms with Crippen LogP contribution in [0.1, 0.15) is 0 Å². The van der Waals surface area contributed by atoms with Crippen molar-refractivity contribution in [2.75, 3.05) is 0 Å². The molecule has 0 spiro atoms. The highest BCUT2D eigenvalue weighted by Gasteiger charge is 2.29. The standard InChI is InChI=1S/C18Cl12/c19-7-1-2(8(20)14(26)13(7)25)4-6(12(24)18(30)17(29)11(4)23)5-3(1)9(21)15(27)16(28)10(5)22. The highest BCUT2D eigenvalue weighted by atomic mass is 35.5. The van der Waals surface area contributed by atoms with Crippen LogP contribution in [0.5, 0.6) is 0 Å². The minimum Gasteiger partial charge on any atom is -0.0819 e. The van der Waals surface area contributed by atoms with Gasteiger partial charge in [0.25, 0.3) is 0 Å². The molecule has 0 saturated carbocycles. The van der Waals surface area contributed by atoms with Crippen LogP contribution < -0.4 is 0 Å². The first-order valence-corrected chi connectivity index (χ1v) is 12.1. The topological polar surface area (TPSA) is 0 Å². The zero-order valence-corrected chi connectivity index (χ0v) is 22.6. The Morgan fingerprint density at radius 2 is 0.267 bits per heavy atom. The maximum atomic E-state index is 6.57. The number of hydrogen-bond donors (Lipinski definition) is 0. The van der Waals surface area contributed by atoms with Gasteiger partial charge in [-0.1, -0.05) is 139 Å². The third kappa shape index (κ3) is 3.18. The normalized spacial score (nSPS) is 12.0. The Morgan fingerprint density at radius 3 is 0.367 bits per heavy atom. The first kappa shape index (κ1) is 24.3. The van der Waals surface area contributed by atoms with Gasteiger partial charge in [-0.3, -0.25) is 0 Å². The monoisotopic (exact) mass is 636 g/mol. The van der Waals surface area contributed by atoms with Crippen LogP contribution in [0.3, 0.4) is 0 Å². The third-order valence-corrected chi connectivity index (χ3v) is 9.96. The number of rotatable bonds is 0. The quantitative estimate of drug-likeness (QED) is 0.102. The van der Waals surface area contributed by atoms with Crippen LogP contribution in [0, 0.1) is 0 Å². The van der Waals surface area contributed by atoms with E-state index in [4.69, 9.17) is 139 Å². The fraction of sp³-hybridized carbons (Fsp3) is 0. The van der Waals surface area contributed by atoms with Crippen LogP contribution in [-0.4, -0.2) is 0 Å². The minimum absolute atomic E-state index is 0.00275. The number of benzene rings is 4. The smallest absolute Gasteiger partial charge is 0.0800 e. The van der Waals surface area contributed by atoms with Crippen molar-refractivity contribution in [2.24, 2.45) is 0 Å². The van der Waals surface area contributed by atoms with Gasteiger partial charge in [0.05, 0.1) is 60.3 Å². The molecule has 4 aromatic carbocycles. The first-order valence-electron chi connectivity index (χ1n) is 7.52. The summed E-state index contributed by atoms with van der Waals surface area (Å²) in [4.78, 5) is 0. The van der Waals surface area contributed by atoms with E-state index in [1.54, 1.807) is 0 Å². The van der Waals surface area contributed by atoms with Gasteiger partial charge in [-0.05, 0) is 0 Å². The van der Waals surface area contributed by atoms with Crippen LogP contribution in [0.15, 0.2) is 0 Å². The van der Waals surface area contributed by atoms with Crippen LogP contribution >= 0.6 is 139 Å². The summed E-state index contributed by atoms with van der Waals surface area (Å²) in [7, 11) is 0. The molecular formula is C18Cl12. The summed E-state index contributed by atoms with van der Waals surface area (Å²) in [6, 6.07) is 0. The zero-order chi connectivity index (χ0) is 22.4. The molecule has 4 rings (SSSR count). The summed E-state index contributed by atoms with van der Waals surface area (Å²) >= 11 is 77.3. The van der Waals surface area contributed by atoms with Gasteiger partial charge in [0, 0.05) is 32.3 Å². The van der Waals surface area contributed by atoms with Gasteiger partial charge >= 0.3 is 0 Å². The molecule has 0 nitrogen and oxygen atoms in total. The van der Waals surface area contributed by atoms with Crippen molar-refractivity contribution in [2.45, 2.75) is 0 Å². The Bertz CT molecular complexity index is 1140. The predicted octanol–water partition coefficient (Wildman–Crippen LogP) is 13.0. The Labute approximate surface area is 229 Å². The van der Waals surface area contributed by atoms with Crippen molar-refractivity contribution in [1.82, 2.24) is 0 Å². The second kappa shape index (κ2) is 8.42. The van der Waals surface area contributed by atoms with Crippen LogP contribution in [0.25, 0.3) is 32.3 Å². The molecule has 0 aliphatic carbocycles. The first-order chi connectivity index (χ1) is 13.9. The van der Waals surface area contributed by atoms with Gasteiger partial charge in [-0.25, -0.2) is 0 Å². The highest BCUT2D eigenvalue weighted by Crippen LogP contribution is 2.57. The molecule has 0 aromatic heterocycles. The molecular weight excluding hydrogens is 642 g/mol. The molecule has 0 atom stereocenters. The second-order valence-electron chi connectivity index (χ2n) is 6.02. The van der Waals surface area contributed by atoms with Crippen LogP contribution in [0.2, 0.25) is 60.3 Å². The van der Waals surface area contributed by atoms with E-state index in [-0.39, 0.29) is 60.3 Å². The van der Waals surface area contributed by atoms with Crippen molar-refractivity contribution in [3.05, 3.63) is 60.3 Å². The average Bonchev–Trinajstić information content (AvgIpc) is 2.73. The zero-order valence-electron chi connectivity index (χ0n) is 13.5. The molecule has 0 radical (unpaired) electrons. The molecule has 0 aliphatic heterocycles. The van der Waals surface area contributed by atoms with Gasteiger partial charge in [0.15, 0.2) is 0 Å². The maximum Gasteiger partial charge on any atom is 0.0800 e. The molecule has 0 unspecified atom stereocenters. The lowest BCUT2D eigenvalue weighted by Gasteiger charge is -2.20. The molecule has 4 aromatic rings. The molecule has 0 bridgehead atoms. The van der Waals surface area contributed by atoms with Crippen molar-refractivity contribution in [1.29, 1.82) is 0 Å². The highest BCUT2D eigenvalue weighted by molar-refractivity contribution is 6.65. The second-order valence-corrected chi connectivity index (χ2v) is 10.6. The summed E-state index contributed by atoms with van der Waals surface area (Å²) in [5.41, 5.74) is 0. The van der Waals surface area contributed by atoms with Crippen molar-refractivity contribution in [3.8, 4) is 0 Å². The fourth-order valence-electron chi connectivity index (χ4n) is 3.30. The number of fused-ring (bicyclic) bond motifs is 6. The summed E-state index contributed by atoms with van der Waals surface area (Å²) in [6.07, 6.45) is 0. The van der Waals surface area contributed by atoms with E-state index in [2.05, 4.69) is 0 Å². The predicted molar refractivity (Wildman–Crippen MR) is 139 cm³/mol. The summed E-state index contributed by atoms with van der Waals surface area (Å²) in [5.74, 6) is 0. The lowest BCUT2D eigenvalue weighted by atomic mass is 9.93. The average molecular weight is 642 g/mol. The lowest BCUT2D eigenvalue weighted by Crippen LogP contribution is -1.93. The molecule has 30 heavy (non-hydrogen) atoms. The van der Waals surface area contributed by atoms with Gasteiger partial charge < -0.3 is 0 Å². The summed E-state index contributed by atoms with van der Waals surface area (Å²) in [5, 5.41) is 2.00. The molecule has 0 heterocycles. The van der Waals surface area contributed by atoms with E-state index in [0.29, 0.717) is 32.3 Å². The number of hydrogen-bond acceptors (Lipinski definition) is 0. The largest absolute Gasteiger partial charge is 0.0819 e. The Morgan fingerprint density at radius 1 is 0.167 bits per heavy atom. The van der Waals surface area contributed by atoms with E-state index in [9.17, 15) is 0 Å². The van der Waals surface area contributed by atoms with Crippen molar-refractivity contribution in [3.63, 3.8) is 0 Å². The maximum absolute atomic E-state index is 6.57. The van der Waals surface area contributed by atoms with Crippen molar-refractivity contribution >= 4 is 172 Å². The van der Waals surface area contributed by atoms with Crippen molar-refractivity contribution < 1.29 is 0 Å². The minimum atomic E-state index is -0.00275. The molecule has 0 saturated heterocycles. The van der Waals surface area contributed by atoms with Crippen LogP contribution in [0.4, 0.5) is 0 Å². The van der Waals surface area contributed by atoms with Gasteiger partial charge in [0.2, 0.25) is 0 Å². The van der Waals surface area contributed by atoms with Gasteiger partial charge in [0.1, 0.15) is 0 Å². The van der Waals surface area contributed by atoms with E-state index in [0.717, 1.165) is 0 Å². The third-order valence-electron chi connectivity index (χ3n) is 4.55. The van der Waals surface area contributed by atoms with E-state index in [1.807, 2.05) is 0 Å². The van der Waals surface area contributed by atoms with E-state index in [1.165, 1.54) is 0 Å². The van der Waals surface area contributed by atoms with Gasteiger partial charge in [-0.2, -0.15) is 0 Å². The Balaban J connectivity index is 2.66. The fourth-order valence-corrected chi connectivity index (χ4v) is 6.43. The lowest BCUT2D eigenvalue weighted by molar-refractivity contribution is 1.75. The molecule has 12 heteroatoms. The van der Waals surface area contributed by atoms with Crippen LogP contribution in [-0.2, 0) is 0 Å². The summed E-state index contributed by atoms with van der Waals surface area (Å²) < 4.78 is 0. The molecule has 156 valence electrons. The van der Waals surface area contributed by atoms with E-state index >= 15 is 0 Å².